The van der Waals surface area contributed by atoms with Crippen molar-refractivity contribution in [3.05, 3.63) is 63.9 Å². The Kier molecular flexibility index (Phi) is 7.29. The molecule has 1 atom stereocenters. The molecule has 2 aromatic rings. The monoisotopic (exact) mass is 452 g/mol. The number of esters is 1. The molecule has 1 aliphatic rings. The Morgan fingerprint density at radius 2 is 1.87 bits per heavy atom. The Balaban J connectivity index is 1.52. The van der Waals surface area contributed by atoms with Gasteiger partial charge in [-0.2, -0.15) is 0 Å². The molecule has 1 N–H and O–H groups in total. The summed E-state index contributed by atoms with van der Waals surface area (Å²) in [7, 11) is 0. The van der Waals surface area contributed by atoms with Gasteiger partial charge in [0.1, 0.15) is 5.82 Å². The van der Waals surface area contributed by atoms with Gasteiger partial charge in [0, 0.05) is 23.7 Å². The van der Waals surface area contributed by atoms with E-state index in [1.165, 1.54) is 35.2 Å². The third-order valence-corrected chi connectivity index (χ3v) is 5.25. The van der Waals surface area contributed by atoms with Crippen molar-refractivity contribution in [2.45, 2.75) is 12.8 Å². The highest BCUT2D eigenvalue weighted by molar-refractivity contribution is 6.35. The first-order valence-electron chi connectivity index (χ1n) is 9.30. The van der Waals surface area contributed by atoms with Crippen LogP contribution in [0.3, 0.4) is 0 Å². The van der Waals surface area contributed by atoms with Crippen LogP contribution in [-0.4, -0.2) is 42.4 Å². The molecule has 0 radical (unpaired) electrons. The van der Waals surface area contributed by atoms with Crippen molar-refractivity contribution in [2.24, 2.45) is 5.92 Å². The minimum absolute atomic E-state index is 0.177. The Morgan fingerprint density at radius 3 is 2.60 bits per heavy atom. The average Bonchev–Trinajstić information content (AvgIpc) is 2.74. The van der Waals surface area contributed by atoms with Crippen molar-refractivity contribution in [1.82, 2.24) is 4.90 Å². The molecule has 6 nitrogen and oxygen atoms in total. The fourth-order valence-electron chi connectivity index (χ4n) is 3.16. The number of benzene rings is 2. The largest absolute Gasteiger partial charge is 0.455 e. The van der Waals surface area contributed by atoms with E-state index in [1.54, 1.807) is 12.1 Å². The Hall–Kier alpha value is -2.64. The van der Waals surface area contributed by atoms with Crippen LogP contribution in [0, 0.1) is 11.7 Å². The van der Waals surface area contributed by atoms with Gasteiger partial charge in [-0.25, -0.2) is 4.39 Å². The quantitative estimate of drug-likeness (QED) is 0.690. The molecule has 1 saturated heterocycles. The van der Waals surface area contributed by atoms with Gasteiger partial charge in [0.2, 0.25) is 0 Å². The zero-order valence-corrected chi connectivity index (χ0v) is 17.4. The SMILES string of the molecule is O=C(COC(=O)C1CCCN(C(=O)c2ccc(F)cc2)C1)Nc1cc(Cl)ccc1Cl. The summed E-state index contributed by atoms with van der Waals surface area (Å²) in [4.78, 5) is 38.6. The van der Waals surface area contributed by atoms with Crippen LogP contribution in [0.25, 0.3) is 0 Å². The number of ether oxygens (including phenoxy) is 1. The second-order valence-electron chi connectivity index (χ2n) is 6.88. The number of amides is 2. The van der Waals surface area contributed by atoms with Gasteiger partial charge >= 0.3 is 5.97 Å². The van der Waals surface area contributed by atoms with E-state index in [-0.39, 0.29) is 12.5 Å². The third-order valence-electron chi connectivity index (χ3n) is 4.68. The lowest BCUT2D eigenvalue weighted by Gasteiger charge is -2.31. The molecule has 1 heterocycles. The molecular weight excluding hydrogens is 434 g/mol. The summed E-state index contributed by atoms with van der Waals surface area (Å²) in [6.07, 6.45) is 1.17. The lowest BCUT2D eigenvalue weighted by molar-refractivity contribution is -0.152. The first-order valence-corrected chi connectivity index (χ1v) is 10.1. The highest BCUT2D eigenvalue weighted by atomic mass is 35.5. The number of rotatable bonds is 5. The normalized spacial score (nSPS) is 16.1. The van der Waals surface area contributed by atoms with Gasteiger partial charge in [-0.05, 0) is 55.3 Å². The van der Waals surface area contributed by atoms with E-state index in [9.17, 15) is 18.8 Å². The lowest BCUT2D eigenvalue weighted by atomic mass is 9.97. The summed E-state index contributed by atoms with van der Waals surface area (Å²) in [6.45, 7) is 0.189. The summed E-state index contributed by atoms with van der Waals surface area (Å²) >= 11 is 11.9. The number of hydrogen-bond donors (Lipinski definition) is 1. The van der Waals surface area contributed by atoms with E-state index in [0.717, 1.165) is 0 Å². The van der Waals surface area contributed by atoms with Crippen molar-refractivity contribution in [2.75, 3.05) is 25.0 Å². The molecule has 0 spiro atoms. The number of anilines is 1. The highest BCUT2D eigenvalue weighted by Gasteiger charge is 2.30. The van der Waals surface area contributed by atoms with Crippen LogP contribution in [-0.2, 0) is 14.3 Å². The smallest absolute Gasteiger partial charge is 0.311 e. The van der Waals surface area contributed by atoms with Crippen molar-refractivity contribution in [3.63, 3.8) is 0 Å². The molecule has 0 saturated carbocycles. The van der Waals surface area contributed by atoms with Crippen molar-refractivity contribution in [1.29, 1.82) is 0 Å². The minimum Gasteiger partial charge on any atom is -0.455 e. The Labute approximate surface area is 182 Å². The van der Waals surface area contributed by atoms with Crippen LogP contribution < -0.4 is 5.32 Å². The van der Waals surface area contributed by atoms with Crippen LogP contribution in [0.1, 0.15) is 23.2 Å². The second kappa shape index (κ2) is 9.91. The van der Waals surface area contributed by atoms with Gasteiger partial charge in [-0.15, -0.1) is 0 Å². The van der Waals surface area contributed by atoms with Crippen LogP contribution in [0.4, 0.5) is 10.1 Å². The van der Waals surface area contributed by atoms with Gasteiger partial charge in [0.05, 0.1) is 16.6 Å². The first kappa shape index (κ1) is 22.1. The third kappa shape index (κ3) is 5.70. The van der Waals surface area contributed by atoms with Gasteiger partial charge in [-0.3, -0.25) is 14.4 Å². The van der Waals surface area contributed by atoms with E-state index in [4.69, 9.17) is 27.9 Å². The number of piperidine rings is 1. The van der Waals surface area contributed by atoms with E-state index in [2.05, 4.69) is 5.32 Å². The first-order chi connectivity index (χ1) is 14.3. The van der Waals surface area contributed by atoms with Crippen LogP contribution >= 0.6 is 23.2 Å². The summed E-state index contributed by atoms with van der Waals surface area (Å²) < 4.78 is 18.2. The van der Waals surface area contributed by atoms with Gasteiger partial charge in [0.25, 0.3) is 11.8 Å². The molecule has 158 valence electrons. The predicted octanol–water partition coefficient (Wildman–Crippen LogP) is 4.17. The van der Waals surface area contributed by atoms with Crippen LogP contribution in [0.15, 0.2) is 42.5 Å². The summed E-state index contributed by atoms with van der Waals surface area (Å²) in [5.74, 6) is -2.35. The fraction of sp³-hybridized carbons (Fsp3) is 0.286. The molecule has 1 fully saturated rings. The average molecular weight is 453 g/mol. The molecular formula is C21H19Cl2FN2O4. The molecule has 1 aliphatic heterocycles. The molecule has 2 amide bonds. The van der Waals surface area contributed by atoms with Gasteiger partial charge in [-0.1, -0.05) is 23.2 Å². The maximum atomic E-state index is 13.1. The molecule has 3 rings (SSSR count). The number of halogens is 3. The number of nitrogens with one attached hydrogen (secondary N) is 1. The molecule has 0 aliphatic carbocycles. The standard InChI is InChI=1S/C21H19Cl2FN2O4/c22-15-5-8-17(23)18(10-15)25-19(27)12-30-21(29)14-2-1-9-26(11-14)20(28)13-3-6-16(24)7-4-13/h3-8,10,14H,1-2,9,11-12H2,(H,25,27). The molecule has 0 bridgehead atoms. The second-order valence-corrected chi connectivity index (χ2v) is 7.72. The van der Waals surface area contributed by atoms with E-state index < -0.39 is 30.2 Å². The summed E-state index contributed by atoms with van der Waals surface area (Å²) in [5, 5.41) is 3.24. The predicted molar refractivity (Wildman–Crippen MR) is 111 cm³/mol. The number of hydrogen-bond acceptors (Lipinski definition) is 4. The fourth-order valence-corrected chi connectivity index (χ4v) is 3.50. The highest BCUT2D eigenvalue weighted by Crippen LogP contribution is 2.25. The van der Waals surface area contributed by atoms with Crippen molar-refractivity contribution in [3.8, 4) is 0 Å². The van der Waals surface area contributed by atoms with E-state index in [0.29, 0.717) is 40.7 Å². The van der Waals surface area contributed by atoms with E-state index >= 15 is 0 Å². The number of carbonyl (C=O) groups excluding carboxylic acids is 3. The maximum Gasteiger partial charge on any atom is 0.311 e. The zero-order chi connectivity index (χ0) is 21.7. The molecule has 0 aromatic heterocycles. The van der Waals surface area contributed by atoms with Crippen LogP contribution in [0.5, 0.6) is 0 Å². The molecule has 9 heteroatoms. The van der Waals surface area contributed by atoms with Crippen molar-refractivity contribution >= 4 is 46.7 Å². The lowest BCUT2D eigenvalue weighted by Crippen LogP contribution is -2.43. The van der Waals surface area contributed by atoms with Crippen molar-refractivity contribution < 1.29 is 23.5 Å². The Morgan fingerprint density at radius 1 is 1.13 bits per heavy atom. The van der Waals surface area contributed by atoms with Gasteiger partial charge in [0.15, 0.2) is 6.61 Å². The molecule has 1 unspecified atom stereocenters. The molecule has 30 heavy (non-hydrogen) atoms. The number of nitrogens with zero attached hydrogens (tertiary/aromatic N) is 1. The topological polar surface area (TPSA) is 75.7 Å². The zero-order valence-electron chi connectivity index (χ0n) is 15.9. The Bertz CT molecular complexity index is 953. The number of likely N-dealkylation sites (tertiary alicyclic amines) is 1. The van der Waals surface area contributed by atoms with Crippen LogP contribution in [0.2, 0.25) is 10.0 Å². The number of carbonyl (C=O) groups is 3. The minimum atomic E-state index is -0.557. The summed E-state index contributed by atoms with van der Waals surface area (Å²) in [6, 6.07) is 9.86. The maximum absolute atomic E-state index is 13.1. The van der Waals surface area contributed by atoms with E-state index in [1.807, 2.05) is 0 Å². The molecule has 2 aromatic carbocycles. The van der Waals surface area contributed by atoms with Gasteiger partial charge < -0.3 is 15.0 Å². The summed E-state index contributed by atoms with van der Waals surface area (Å²) in [5.41, 5.74) is 0.669.